The van der Waals surface area contributed by atoms with Gasteiger partial charge in [0.2, 0.25) is 0 Å². The first-order chi connectivity index (χ1) is 12.7. The summed E-state index contributed by atoms with van der Waals surface area (Å²) in [6, 6.07) is 6.49. The second kappa shape index (κ2) is 6.02. The summed E-state index contributed by atoms with van der Waals surface area (Å²) >= 11 is 0. The van der Waals surface area contributed by atoms with E-state index in [4.69, 9.17) is 9.97 Å². The van der Waals surface area contributed by atoms with Gasteiger partial charge in [-0.05, 0) is 38.4 Å². The van der Waals surface area contributed by atoms with E-state index in [-0.39, 0.29) is 0 Å². The summed E-state index contributed by atoms with van der Waals surface area (Å²) in [6.45, 7) is 6.42. The Morgan fingerprint density at radius 3 is 2.88 bits per heavy atom. The van der Waals surface area contributed by atoms with E-state index in [1.54, 1.807) is 6.20 Å². The van der Waals surface area contributed by atoms with Crippen molar-refractivity contribution < 1.29 is 0 Å². The van der Waals surface area contributed by atoms with Crippen LogP contribution < -0.4 is 4.90 Å². The molecular formula is C19H23N7. The van der Waals surface area contributed by atoms with Crippen molar-refractivity contribution in [3.63, 3.8) is 0 Å². The molecule has 0 aliphatic carbocycles. The zero-order chi connectivity index (χ0) is 17.7. The highest BCUT2D eigenvalue weighted by atomic mass is 15.3. The maximum Gasteiger partial charge on any atom is 0.182 e. The van der Waals surface area contributed by atoms with Crippen LogP contribution in [0.15, 0.2) is 24.4 Å². The van der Waals surface area contributed by atoms with E-state index in [0.29, 0.717) is 11.9 Å². The van der Waals surface area contributed by atoms with Gasteiger partial charge in [0.15, 0.2) is 11.5 Å². The number of pyridine rings is 1. The molecule has 0 aromatic carbocycles. The summed E-state index contributed by atoms with van der Waals surface area (Å²) in [5, 5.41) is 5.67. The summed E-state index contributed by atoms with van der Waals surface area (Å²) in [7, 11) is 1.95. The summed E-state index contributed by atoms with van der Waals surface area (Å²) in [5.41, 5.74) is 2.66. The fraction of sp³-hybridized carbons (Fsp3) is 0.474. The lowest BCUT2D eigenvalue weighted by Gasteiger charge is -2.38. The van der Waals surface area contributed by atoms with Crippen molar-refractivity contribution >= 4 is 16.9 Å². The van der Waals surface area contributed by atoms with Gasteiger partial charge in [-0.1, -0.05) is 6.07 Å². The van der Waals surface area contributed by atoms with Gasteiger partial charge in [-0.3, -0.25) is 14.6 Å². The van der Waals surface area contributed by atoms with E-state index in [1.165, 1.54) is 19.4 Å². The Kier molecular flexibility index (Phi) is 3.63. The molecule has 2 fully saturated rings. The van der Waals surface area contributed by atoms with Gasteiger partial charge in [-0.15, -0.1) is 0 Å². The van der Waals surface area contributed by atoms with E-state index in [9.17, 15) is 0 Å². The fourth-order valence-corrected chi connectivity index (χ4v) is 4.34. The van der Waals surface area contributed by atoms with Crippen LogP contribution >= 0.6 is 0 Å². The molecule has 5 heterocycles. The molecule has 7 nitrogen and oxygen atoms in total. The first kappa shape index (κ1) is 15.7. The van der Waals surface area contributed by atoms with E-state index in [1.807, 2.05) is 36.9 Å². The Balaban J connectivity index is 1.65. The minimum absolute atomic E-state index is 0.643. The van der Waals surface area contributed by atoms with Crippen molar-refractivity contribution in [3.8, 4) is 11.5 Å². The molecule has 1 unspecified atom stereocenters. The Morgan fingerprint density at radius 1 is 1.12 bits per heavy atom. The maximum atomic E-state index is 4.96. The van der Waals surface area contributed by atoms with Crippen molar-refractivity contribution in [2.45, 2.75) is 25.8 Å². The van der Waals surface area contributed by atoms with Crippen molar-refractivity contribution in [1.29, 1.82) is 0 Å². The lowest BCUT2D eigenvalue weighted by atomic mass is 10.1. The zero-order valence-electron chi connectivity index (χ0n) is 15.3. The summed E-state index contributed by atoms with van der Waals surface area (Å²) in [4.78, 5) is 19.2. The number of nitrogens with zero attached hydrogens (tertiary/aromatic N) is 7. The quantitative estimate of drug-likeness (QED) is 0.705. The van der Waals surface area contributed by atoms with Gasteiger partial charge in [0.25, 0.3) is 0 Å². The Morgan fingerprint density at radius 2 is 2.04 bits per heavy atom. The number of fused-ring (bicyclic) bond motifs is 2. The molecule has 3 aromatic heterocycles. The van der Waals surface area contributed by atoms with Gasteiger partial charge in [0, 0.05) is 38.9 Å². The van der Waals surface area contributed by atoms with E-state index in [0.717, 1.165) is 47.9 Å². The standard InChI is InChI=1S/C19H23N7/c1-13-16-18(24(2)23-13)21-17(15-7-3-4-8-20-15)22-19(16)26-11-10-25-9-5-6-14(25)12-26/h3-4,7-8,14H,5-6,9-12H2,1-2H3. The predicted molar refractivity (Wildman–Crippen MR) is 101 cm³/mol. The van der Waals surface area contributed by atoms with Gasteiger partial charge >= 0.3 is 0 Å². The highest BCUT2D eigenvalue weighted by molar-refractivity contribution is 5.91. The van der Waals surface area contributed by atoms with Crippen molar-refractivity contribution in [2.24, 2.45) is 7.05 Å². The van der Waals surface area contributed by atoms with Gasteiger partial charge in [-0.2, -0.15) is 5.10 Å². The number of hydrogen-bond acceptors (Lipinski definition) is 6. The average molecular weight is 349 g/mol. The molecule has 3 aromatic rings. The lowest BCUT2D eigenvalue weighted by Crippen LogP contribution is -2.50. The number of hydrogen-bond donors (Lipinski definition) is 0. The highest BCUT2D eigenvalue weighted by Crippen LogP contribution is 2.32. The normalized spacial score (nSPS) is 20.7. The Labute approximate surface area is 152 Å². The van der Waals surface area contributed by atoms with Gasteiger partial charge in [-0.25, -0.2) is 9.97 Å². The molecule has 0 radical (unpaired) electrons. The van der Waals surface area contributed by atoms with Crippen LogP contribution in [-0.2, 0) is 7.05 Å². The molecule has 2 aliphatic rings. The second-order valence-corrected chi connectivity index (χ2v) is 7.27. The summed E-state index contributed by atoms with van der Waals surface area (Å²) < 4.78 is 1.86. The molecule has 7 heteroatoms. The lowest BCUT2D eigenvalue weighted by molar-refractivity contribution is 0.230. The third-order valence-corrected chi connectivity index (χ3v) is 5.62. The van der Waals surface area contributed by atoms with E-state index < -0.39 is 0 Å². The second-order valence-electron chi connectivity index (χ2n) is 7.27. The third-order valence-electron chi connectivity index (χ3n) is 5.62. The van der Waals surface area contributed by atoms with Crippen LogP contribution in [0.3, 0.4) is 0 Å². The smallest absolute Gasteiger partial charge is 0.182 e. The molecule has 0 saturated carbocycles. The zero-order valence-corrected chi connectivity index (χ0v) is 15.3. The number of anilines is 1. The van der Waals surface area contributed by atoms with Crippen LogP contribution in [0.4, 0.5) is 5.82 Å². The Hall–Kier alpha value is -2.54. The predicted octanol–water partition coefficient (Wildman–Crippen LogP) is 2.02. The molecule has 2 saturated heterocycles. The molecule has 1 atom stereocenters. The van der Waals surface area contributed by atoms with Gasteiger partial charge in [0.05, 0.1) is 11.1 Å². The molecule has 0 bridgehead atoms. The first-order valence-electron chi connectivity index (χ1n) is 9.32. The van der Waals surface area contributed by atoms with Crippen molar-refractivity contribution in [2.75, 3.05) is 31.1 Å². The van der Waals surface area contributed by atoms with Gasteiger partial charge in [0.1, 0.15) is 11.5 Å². The SMILES string of the molecule is Cc1nn(C)c2nc(-c3ccccn3)nc(N3CCN4CCCC4C3)c12. The van der Waals surface area contributed by atoms with Crippen LogP contribution in [0.2, 0.25) is 0 Å². The molecule has 0 spiro atoms. The fourth-order valence-electron chi connectivity index (χ4n) is 4.34. The Bertz CT molecular complexity index is 949. The molecule has 0 N–H and O–H groups in total. The number of aryl methyl sites for hydroxylation is 2. The minimum atomic E-state index is 0.643. The first-order valence-corrected chi connectivity index (χ1v) is 9.32. The number of rotatable bonds is 2. The van der Waals surface area contributed by atoms with Crippen LogP contribution in [0.25, 0.3) is 22.6 Å². The van der Waals surface area contributed by atoms with Crippen LogP contribution in [0.5, 0.6) is 0 Å². The third kappa shape index (κ3) is 2.46. The summed E-state index contributed by atoms with van der Waals surface area (Å²) in [5.74, 6) is 1.68. The largest absolute Gasteiger partial charge is 0.353 e. The van der Waals surface area contributed by atoms with E-state index in [2.05, 4.69) is 19.9 Å². The number of piperazine rings is 1. The molecule has 5 rings (SSSR count). The van der Waals surface area contributed by atoms with Crippen LogP contribution in [0.1, 0.15) is 18.5 Å². The van der Waals surface area contributed by atoms with Crippen LogP contribution in [0, 0.1) is 6.92 Å². The molecule has 134 valence electrons. The molecule has 2 aliphatic heterocycles. The van der Waals surface area contributed by atoms with Gasteiger partial charge < -0.3 is 4.90 Å². The topological polar surface area (TPSA) is 63.0 Å². The van der Waals surface area contributed by atoms with Crippen molar-refractivity contribution in [3.05, 3.63) is 30.1 Å². The molecule has 0 amide bonds. The maximum absolute atomic E-state index is 4.96. The van der Waals surface area contributed by atoms with Crippen LogP contribution in [-0.4, -0.2) is 61.9 Å². The highest BCUT2D eigenvalue weighted by Gasteiger charge is 2.32. The minimum Gasteiger partial charge on any atom is -0.353 e. The summed E-state index contributed by atoms with van der Waals surface area (Å²) in [6.07, 6.45) is 4.38. The molecule has 26 heavy (non-hydrogen) atoms. The molecular weight excluding hydrogens is 326 g/mol. The monoisotopic (exact) mass is 349 g/mol. The average Bonchev–Trinajstić information content (AvgIpc) is 3.25. The van der Waals surface area contributed by atoms with Crippen molar-refractivity contribution in [1.82, 2.24) is 29.6 Å². The number of aromatic nitrogens is 5. The van der Waals surface area contributed by atoms with E-state index >= 15 is 0 Å².